The van der Waals surface area contributed by atoms with E-state index in [0.717, 1.165) is 16.7 Å². The molecule has 1 aliphatic heterocycles. The Kier molecular flexibility index (Phi) is 9.22. The van der Waals surface area contributed by atoms with Gasteiger partial charge in [-0.3, -0.25) is 9.36 Å². The van der Waals surface area contributed by atoms with Gasteiger partial charge in [-0.1, -0.05) is 72.5 Å². The first-order valence-electron chi connectivity index (χ1n) is 13.8. The van der Waals surface area contributed by atoms with Crippen LogP contribution < -0.4 is 29.1 Å². The number of fused-ring (bicyclic) bond motifs is 1. The molecule has 220 valence electrons. The molecule has 3 aromatic carbocycles. The highest BCUT2D eigenvalue weighted by Gasteiger charge is 2.33. The Morgan fingerprint density at radius 3 is 2.51 bits per heavy atom. The highest BCUT2D eigenvalue weighted by Crippen LogP contribution is 2.32. The summed E-state index contributed by atoms with van der Waals surface area (Å²) < 4.78 is 24.6. The maximum atomic E-state index is 13.9. The van der Waals surface area contributed by atoms with E-state index in [0.29, 0.717) is 51.1 Å². The van der Waals surface area contributed by atoms with Crippen molar-refractivity contribution in [3.8, 4) is 17.2 Å². The Labute approximate surface area is 253 Å². The number of allylic oxidation sites excluding steroid dienone is 1. The molecule has 0 bridgehead atoms. The second-order valence-corrected chi connectivity index (χ2v) is 10.7. The van der Waals surface area contributed by atoms with E-state index in [9.17, 15) is 9.59 Å². The van der Waals surface area contributed by atoms with E-state index in [4.69, 9.17) is 18.9 Å². The van der Waals surface area contributed by atoms with Gasteiger partial charge in [-0.05, 0) is 60.9 Å². The number of rotatable bonds is 11. The lowest BCUT2D eigenvalue weighted by molar-refractivity contribution is -0.139. The molecule has 0 amide bonds. The number of benzene rings is 3. The van der Waals surface area contributed by atoms with Crippen LogP contribution in [0.2, 0.25) is 0 Å². The normalized spacial score (nSPS) is 14.5. The summed E-state index contributed by atoms with van der Waals surface area (Å²) in [6, 6.07) is 22.0. The summed E-state index contributed by atoms with van der Waals surface area (Å²) in [6.45, 7) is 8.16. The van der Waals surface area contributed by atoms with Crippen LogP contribution in [0, 0.1) is 0 Å². The van der Waals surface area contributed by atoms with Crippen LogP contribution >= 0.6 is 11.3 Å². The molecule has 0 saturated carbocycles. The predicted molar refractivity (Wildman–Crippen MR) is 166 cm³/mol. The fourth-order valence-corrected chi connectivity index (χ4v) is 5.83. The van der Waals surface area contributed by atoms with Gasteiger partial charge < -0.3 is 18.9 Å². The monoisotopic (exact) mass is 596 g/mol. The van der Waals surface area contributed by atoms with E-state index in [1.165, 1.54) is 11.3 Å². The fraction of sp³-hybridized carbons (Fsp3) is 0.206. The second kappa shape index (κ2) is 13.4. The van der Waals surface area contributed by atoms with Crippen LogP contribution in [0.1, 0.15) is 36.6 Å². The van der Waals surface area contributed by atoms with Gasteiger partial charge in [0.1, 0.15) is 19.0 Å². The number of carbonyl (C=O) groups excluding carboxylic acids is 1. The second-order valence-electron chi connectivity index (χ2n) is 9.66. The number of nitrogens with zero attached hydrogens (tertiary/aromatic N) is 2. The van der Waals surface area contributed by atoms with Crippen LogP contribution in [-0.4, -0.2) is 30.9 Å². The minimum atomic E-state index is -0.714. The first kappa shape index (κ1) is 29.6. The standard InChI is InChI=1S/C34H32N2O6S/c1-5-18-41-26-15-13-25(14-16-26)31-30(33(38)40-6-2)22(3)35-34-36(31)32(37)29(43-34)20-24-12-17-27(28(19-24)39-4)42-21-23-10-8-7-9-11-23/h5,7-17,19-20,31H,1,6,18,21H2,2-4H3/b29-20-/t31-/m0/s1. The van der Waals surface area contributed by atoms with E-state index in [1.54, 1.807) is 49.8 Å². The zero-order valence-corrected chi connectivity index (χ0v) is 25.1. The molecular weight excluding hydrogens is 564 g/mol. The van der Waals surface area contributed by atoms with Crippen LogP contribution in [0.15, 0.2) is 107 Å². The predicted octanol–water partition coefficient (Wildman–Crippen LogP) is 4.95. The zero-order chi connectivity index (χ0) is 30.3. The van der Waals surface area contributed by atoms with Crippen molar-refractivity contribution in [1.29, 1.82) is 0 Å². The Morgan fingerprint density at radius 1 is 1.05 bits per heavy atom. The third kappa shape index (κ3) is 6.47. The molecule has 0 fully saturated rings. The average molecular weight is 597 g/mol. The van der Waals surface area contributed by atoms with Gasteiger partial charge in [-0.15, -0.1) is 0 Å². The third-order valence-electron chi connectivity index (χ3n) is 6.80. The summed E-state index contributed by atoms with van der Waals surface area (Å²) in [6.07, 6.45) is 3.46. The third-order valence-corrected chi connectivity index (χ3v) is 7.79. The molecule has 4 aromatic rings. The average Bonchev–Trinajstić information content (AvgIpc) is 3.33. The molecule has 43 heavy (non-hydrogen) atoms. The number of carbonyl (C=O) groups is 1. The fourth-order valence-electron chi connectivity index (χ4n) is 4.79. The molecule has 1 aromatic heterocycles. The number of ether oxygens (including phenoxy) is 4. The molecule has 0 N–H and O–H groups in total. The summed E-state index contributed by atoms with van der Waals surface area (Å²) in [5.74, 6) is 1.29. The van der Waals surface area contributed by atoms with Crippen molar-refractivity contribution < 1.29 is 23.7 Å². The number of thiazole rings is 1. The Balaban J connectivity index is 1.54. The molecule has 1 aliphatic rings. The van der Waals surface area contributed by atoms with Gasteiger partial charge in [-0.25, -0.2) is 9.79 Å². The number of hydrogen-bond acceptors (Lipinski definition) is 8. The number of methoxy groups -OCH3 is 1. The first-order chi connectivity index (χ1) is 20.9. The van der Waals surface area contributed by atoms with E-state index in [2.05, 4.69) is 11.6 Å². The van der Waals surface area contributed by atoms with Crippen molar-refractivity contribution in [2.45, 2.75) is 26.5 Å². The zero-order valence-electron chi connectivity index (χ0n) is 24.2. The molecule has 0 saturated heterocycles. The summed E-state index contributed by atoms with van der Waals surface area (Å²) in [5, 5.41) is 0. The van der Waals surface area contributed by atoms with Gasteiger partial charge in [0.2, 0.25) is 0 Å². The van der Waals surface area contributed by atoms with Crippen molar-refractivity contribution in [1.82, 2.24) is 4.57 Å². The first-order valence-corrected chi connectivity index (χ1v) is 14.6. The number of esters is 1. The van der Waals surface area contributed by atoms with E-state index < -0.39 is 12.0 Å². The van der Waals surface area contributed by atoms with Crippen LogP contribution in [0.3, 0.4) is 0 Å². The van der Waals surface area contributed by atoms with E-state index in [1.807, 2.05) is 60.7 Å². The quantitative estimate of drug-likeness (QED) is 0.180. The summed E-state index contributed by atoms with van der Waals surface area (Å²) in [4.78, 5) is 32.2. The number of hydrogen-bond donors (Lipinski definition) is 0. The van der Waals surface area contributed by atoms with Crippen molar-refractivity contribution in [3.05, 3.63) is 133 Å². The molecule has 0 unspecified atom stereocenters. The van der Waals surface area contributed by atoms with E-state index >= 15 is 0 Å². The lowest BCUT2D eigenvalue weighted by Crippen LogP contribution is -2.39. The molecule has 9 heteroatoms. The van der Waals surface area contributed by atoms with Gasteiger partial charge in [0.05, 0.1) is 35.6 Å². The van der Waals surface area contributed by atoms with Crippen LogP contribution in [0.5, 0.6) is 17.2 Å². The topological polar surface area (TPSA) is 88.4 Å². The van der Waals surface area contributed by atoms with Gasteiger partial charge in [0.25, 0.3) is 5.56 Å². The minimum Gasteiger partial charge on any atom is -0.493 e. The summed E-state index contributed by atoms with van der Waals surface area (Å²) >= 11 is 1.26. The Hall–Kier alpha value is -4.89. The van der Waals surface area contributed by atoms with Gasteiger partial charge >= 0.3 is 5.97 Å². The highest BCUT2D eigenvalue weighted by atomic mass is 32.1. The summed E-state index contributed by atoms with van der Waals surface area (Å²) in [7, 11) is 1.58. The molecule has 1 atom stereocenters. The largest absolute Gasteiger partial charge is 0.493 e. The lowest BCUT2D eigenvalue weighted by Gasteiger charge is -2.24. The molecule has 0 radical (unpaired) electrons. The Morgan fingerprint density at radius 2 is 1.81 bits per heavy atom. The van der Waals surface area contributed by atoms with Crippen molar-refractivity contribution >= 4 is 23.4 Å². The molecule has 2 heterocycles. The van der Waals surface area contributed by atoms with Crippen LogP contribution in [0.25, 0.3) is 6.08 Å². The maximum absolute atomic E-state index is 13.9. The summed E-state index contributed by atoms with van der Waals surface area (Å²) in [5.41, 5.74) is 3.10. The van der Waals surface area contributed by atoms with Crippen molar-refractivity contribution in [2.75, 3.05) is 20.3 Å². The SMILES string of the molecule is C=CCOc1ccc([C@H]2C(C(=O)OCC)=C(C)N=c3s/c(=C\c4ccc(OCc5ccccc5)c(OC)c4)c(=O)n32)cc1. The minimum absolute atomic E-state index is 0.202. The smallest absolute Gasteiger partial charge is 0.338 e. The lowest BCUT2D eigenvalue weighted by atomic mass is 9.96. The van der Waals surface area contributed by atoms with Crippen LogP contribution in [-0.2, 0) is 16.1 Å². The molecule has 5 rings (SSSR count). The van der Waals surface area contributed by atoms with Crippen molar-refractivity contribution in [2.24, 2.45) is 4.99 Å². The van der Waals surface area contributed by atoms with Crippen LogP contribution in [0.4, 0.5) is 0 Å². The molecule has 0 spiro atoms. The molecule has 0 aliphatic carbocycles. The highest BCUT2D eigenvalue weighted by molar-refractivity contribution is 7.07. The number of aromatic nitrogens is 1. The van der Waals surface area contributed by atoms with Gasteiger partial charge in [0, 0.05) is 0 Å². The van der Waals surface area contributed by atoms with Gasteiger partial charge in [-0.2, -0.15) is 0 Å². The van der Waals surface area contributed by atoms with E-state index in [-0.39, 0.29) is 12.2 Å². The molecule has 8 nitrogen and oxygen atoms in total. The van der Waals surface area contributed by atoms with Crippen molar-refractivity contribution in [3.63, 3.8) is 0 Å². The van der Waals surface area contributed by atoms with Gasteiger partial charge in [0.15, 0.2) is 16.3 Å². The molecular formula is C34H32N2O6S. The Bertz CT molecular complexity index is 1840. The maximum Gasteiger partial charge on any atom is 0.338 e.